The molecule has 0 spiro atoms. The molecule has 1 fully saturated rings. The highest BCUT2D eigenvalue weighted by molar-refractivity contribution is 5.83. The van der Waals surface area contributed by atoms with Gasteiger partial charge in [0.1, 0.15) is 11.6 Å². The summed E-state index contributed by atoms with van der Waals surface area (Å²) < 4.78 is 80.0. The van der Waals surface area contributed by atoms with Crippen molar-refractivity contribution in [3.8, 4) is 17.2 Å². The molecule has 0 unspecified atom stereocenters. The van der Waals surface area contributed by atoms with Crippen LogP contribution >= 0.6 is 0 Å². The summed E-state index contributed by atoms with van der Waals surface area (Å²) in [6.45, 7) is 1.74. The molecule has 34 heavy (non-hydrogen) atoms. The monoisotopic (exact) mass is 483 g/mol. The molecular formula is C24H23F6N3O. The van der Waals surface area contributed by atoms with Crippen molar-refractivity contribution in [2.45, 2.75) is 62.6 Å². The Balaban J connectivity index is 1.80. The second kappa shape index (κ2) is 9.66. The average Bonchev–Trinajstić information content (AvgIpc) is 3.55. The molecule has 1 saturated carbocycles. The quantitative estimate of drug-likeness (QED) is 0.459. The van der Waals surface area contributed by atoms with Gasteiger partial charge in [-0.15, -0.1) is 0 Å². The maximum atomic E-state index is 13.9. The molecule has 3 rings (SSSR count). The van der Waals surface area contributed by atoms with E-state index in [-0.39, 0.29) is 12.0 Å². The Morgan fingerprint density at radius 3 is 1.94 bits per heavy atom. The molecule has 0 saturated heterocycles. The van der Waals surface area contributed by atoms with Gasteiger partial charge in [-0.3, -0.25) is 10.1 Å². The van der Waals surface area contributed by atoms with E-state index in [4.69, 9.17) is 5.26 Å². The number of hydrogen-bond donors (Lipinski definition) is 2. The van der Waals surface area contributed by atoms with E-state index in [2.05, 4.69) is 10.6 Å². The van der Waals surface area contributed by atoms with E-state index in [0.29, 0.717) is 30.4 Å². The summed E-state index contributed by atoms with van der Waals surface area (Å²) in [4.78, 5) is 12.6. The van der Waals surface area contributed by atoms with E-state index in [1.54, 1.807) is 6.92 Å². The standard InChI is InChI=1S/C24H23F6N3O/c1-2-3-19(21(34)33-22(14-31)12-13-22)32-20(24(28,29)30)17-6-4-15(5-7-17)16-8-10-18(11-9-16)23(25,26)27/h4-11,19-20,32H,2-3,12-13H2,1H3,(H,33,34)/t19-,20-/m0/s1. The zero-order valence-electron chi connectivity index (χ0n) is 18.2. The molecular weight excluding hydrogens is 460 g/mol. The third-order valence-electron chi connectivity index (χ3n) is 5.71. The van der Waals surface area contributed by atoms with Crippen LogP contribution in [0.3, 0.4) is 0 Å². The van der Waals surface area contributed by atoms with Gasteiger partial charge in [0.05, 0.1) is 17.7 Å². The molecule has 10 heteroatoms. The lowest BCUT2D eigenvalue weighted by Crippen LogP contribution is -2.51. The molecule has 0 heterocycles. The molecule has 2 aromatic carbocycles. The summed E-state index contributed by atoms with van der Waals surface area (Å²) in [6, 6.07) is 8.25. The lowest BCUT2D eigenvalue weighted by Gasteiger charge is -2.28. The molecule has 2 N–H and O–H groups in total. The minimum absolute atomic E-state index is 0.140. The SMILES string of the molecule is CCC[C@H](N[C@@H](c1ccc(-c2ccc(C(F)(F)F)cc2)cc1)C(F)(F)F)C(=O)NC1(C#N)CC1. The highest BCUT2D eigenvalue weighted by Crippen LogP contribution is 2.37. The number of rotatable bonds is 8. The minimum Gasteiger partial charge on any atom is -0.336 e. The van der Waals surface area contributed by atoms with Crippen LogP contribution in [0.25, 0.3) is 11.1 Å². The van der Waals surface area contributed by atoms with Gasteiger partial charge in [0.25, 0.3) is 0 Å². The topological polar surface area (TPSA) is 64.9 Å². The van der Waals surface area contributed by atoms with Gasteiger partial charge in [-0.05, 0) is 48.1 Å². The molecule has 0 bridgehead atoms. The largest absolute Gasteiger partial charge is 0.416 e. The summed E-state index contributed by atoms with van der Waals surface area (Å²) in [5, 5.41) is 14.1. The molecule has 182 valence electrons. The van der Waals surface area contributed by atoms with Crippen molar-refractivity contribution >= 4 is 5.91 Å². The second-order valence-corrected chi connectivity index (χ2v) is 8.36. The maximum absolute atomic E-state index is 13.9. The predicted molar refractivity (Wildman–Crippen MR) is 113 cm³/mol. The number of amides is 1. The van der Waals surface area contributed by atoms with E-state index >= 15 is 0 Å². The van der Waals surface area contributed by atoms with Crippen LogP contribution in [0.15, 0.2) is 48.5 Å². The fourth-order valence-electron chi connectivity index (χ4n) is 3.59. The van der Waals surface area contributed by atoms with Gasteiger partial charge < -0.3 is 5.32 Å². The number of halogens is 6. The summed E-state index contributed by atoms with van der Waals surface area (Å²) >= 11 is 0. The van der Waals surface area contributed by atoms with Crippen LogP contribution in [0, 0.1) is 11.3 Å². The Morgan fingerprint density at radius 1 is 1.00 bits per heavy atom. The minimum atomic E-state index is -4.71. The van der Waals surface area contributed by atoms with Crippen molar-refractivity contribution in [1.82, 2.24) is 10.6 Å². The van der Waals surface area contributed by atoms with E-state index in [9.17, 15) is 31.1 Å². The average molecular weight is 483 g/mol. The zero-order valence-corrected chi connectivity index (χ0v) is 18.2. The maximum Gasteiger partial charge on any atom is 0.416 e. The van der Waals surface area contributed by atoms with Crippen molar-refractivity contribution in [2.75, 3.05) is 0 Å². The van der Waals surface area contributed by atoms with Crippen LogP contribution in [0.5, 0.6) is 0 Å². The highest BCUT2D eigenvalue weighted by atomic mass is 19.4. The summed E-state index contributed by atoms with van der Waals surface area (Å²) in [7, 11) is 0. The third-order valence-corrected chi connectivity index (χ3v) is 5.71. The van der Waals surface area contributed by atoms with Crippen LogP contribution < -0.4 is 10.6 Å². The van der Waals surface area contributed by atoms with Crippen LogP contribution in [0.4, 0.5) is 26.3 Å². The van der Waals surface area contributed by atoms with Gasteiger partial charge in [0, 0.05) is 0 Å². The summed E-state index contributed by atoms with van der Waals surface area (Å²) in [6.07, 6.45) is -7.69. The molecule has 0 radical (unpaired) electrons. The van der Waals surface area contributed by atoms with E-state index in [1.165, 1.54) is 36.4 Å². The molecule has 2 atom stereocenters. The number of nitriles is 1. The highest BCUT2D eigenvalue weighted by Gasteiger charge is 2.47. The third kappa shape index (κ3) is 6.08. The van der Waals surface area contributed by atoms with E-state index < -0.39 is 41.4 Å². The van der Waals surface area contributed by atoms with Crippen LogP contribution in [0.1, 0.15) is 49.8 Å². The fourth-order valence-corrected chi connectivity index (χ4v) is 3.59. The van der Waals surface area contributed by atoms with Crippen LogP contribution in [-0.2, 0) is 11.0 Å². The first-order valence-electron chi connectivity index (χ1n) is 10.7. The molecule has 1 amide bonds. The van der Waals surface area contributed by atoms with E-state index in [0.717, 1.165) is 12.1 Å². The van der Waals surface area contributed by atoms with Gasteiger partial charge in [0.2, 0.25) is 5.91 Å². The van der Waals surface area contributed by atoms with Crippen molar-refractivity contribution in [3.05, 3.63) is 59.7 Å². The zero-order chi connectivity index (χ0) is 25.1. The van der Waals surface area contributed by atoms with Crippen LogP contribution in [0.2, 0.25) is 0 Å². The number of benzene rings is 2. The van der Waals surface area contributed by atoms with Gasteiger partial charge in [-0.25, -0.2) is 0 Å². The normalized spacial score (nSPS) is 16.9. The fraction of sp³-hybridized carbons (Fsp3) is 0.417. The lowest BCUT2D eigenvalue weighted by molar-refractivity contribution is -0.161. The number of nitrogens with one attached hydrogen (secondary N) is 2. The Morgan fingerprint density at radius 2 is 1.53 bits per heavy atom. The molecule has 1 aliphatic rings. The molecule has 0 aliphatic heterocycles. The second-order valence-electron chi connectivity index (χ2n) is 8.36. The molecule has 0 aromatic heterocycles. The smallest absolute Gasteiger partial charge is 0.336 e. The van der Waals surface area contributed by atoms with Gasteiger partial charge in [-0.2, -0.15) is 31.6 Å². The van der Waals surface area contributed by atoms with E-state index in [1.807, 2.05) is 6.07 Å². The Hall–Kier alpha value is -3.06. The van der Waals surface area contributed by atoms with Crippen molar-refractivity contribution in [2.24, 2.45) is 0 Å². The van der Waals surface area contributed by atoms with Crippen LogP contribution in [-0.4, -0.2) is 23.7 Å². The number of nitrogens with zero attached hydrogens (tertiary/aromatic N) is 1. The summed E-state index contributed by atoms with van der Waals surface area (Å²) in [5.41, 5.74) is -1.09. The molecule has 4 nitrogen and oxygen atoms in total. The van der Waals surface area contributed by atoms with Crippen molar-refractivity contribution in [1.29, 1.82) is 5.26 Å². The first-order valence-corrected chi connectivity index (χ1v) is 10.7. The first-order chi connectivity index (χ1) is 15.9. The molecule has 2 aromatic rings. The van der Waals surface area contributed by atoms with Gasteiger partial charge in [0.15, 0.2) is 0 Å². The molecule has 1 aliphatic carbocycles. The number of carbonyl (C=O) groups is 1. The van der Waals surface area contributed by atoms with Gasteiger partial charge in [-0.1, -0.05) is 49.7 Å². The predicted octanol–water partition coefficient (Wildman–Crippen LogP) is 5.91. The number of carbonyl (C=O) groups excluding carboxylic acids is 1. The number of hydrogen-bond acceptors (Lipinski definition) is 3. The first kappa shape index (κ1) is 25.6. The number of alkyl halides is 6. The Kier molecular flexibility index (Phi) is 7.26. The summed E-state index contributed by atoms with van der Waals surface area (Å²) in [5.74, 6) is -0.656. The Labute approximate surface area is 193 Å². The van der Waals surface area contributed by atoms with Gasteiger partial charge >= 0.3 is 12.4 Å². The lowest BCUT2D eigenvalue weighted by atomic mass is 9.98. The van der Waals surface area contributed by atoms with Crippen molar-refractivity contribution in [3.63, 3.8) is 0 Å². The van der Waals surface area contributed by atoms with Crippen molar-refractivity contribution < 1.29 is 31.1 Å². The Bertz CT molecular complexity index is 1030.